The van der Waals surface area contributed by atoms with Gasteiger partial charge < -0.3 is 4.90 Å². The van der Waals surface area contributed by atoms with Gasteiger partial charge in [0.15, 0.2) is 5.82 Å². The molecule has 0 atom stereocenters. The van der Waals surface area contributed by atoms with Crippen LogP contribution in [0.15, 0.2) is 91.1 Å². The molecule has 0 fully saturated rings. The van der Waals surface area contributed by atoms with Gasteiger partial charge in [0.05, 0.1) is 5.69 Å². The Hall–Kier alpha value is -4.26. The van der Waals surface area contributed by atoms with Gasteiger partial charge in [-0.3, -0.25) is 15.6 Å². The summed E-state index contributed by atoms with van der Waals surface area (Å²) in [7, 11) is 1.98. The number of carbonyl (C=O) groups excluding carboxylic acids is 1. The Morgan fingerprint density at radius 1 is 0.903 bits per heavy atom. The number of pyridine rings is 1. The monoisotopic (exact) mass is 410 g/mol. The van der Waals surface area contributed by atoms with E-state index >= 15 is 0 Å². The smallest absolute Gasteiger partial charge is 0.269 e. The lowest BCUT2D eigenvalue weighted by atomic mass is 10.1. The van der Waals surface area contributed by atoms with E-state index in [2.05, 4.69) is 38.2 Å². The number of nitrogens with zero attached hydrogens (tertiary/aromatic N) is 4. The van der Waals surface area contributed by atoms with Gasteiger partial charge in [0.1, 0.15) is 5.82 Å². The van der Waals surface area contributed by atoms with Gasteiger partial charge in [-0.25, -0.2) is 4.98 Å². The first-order valence-corrected chi connectivity index (χ1v) is 9.86. The van der Waals surface area contributed by atoms with Crippen molar-refractivity contribution in [2.45, 2.75) is 6.54 Å². The molecular formula is C24H22N6O. The van der Waals surface area contributed by atoms with Crippen LogP contribution in [0.5, 0.6) is 0 Å². The van der Waals surface area contributed by atoms with E-state index in [1.807, 2.05) is 66.5 Å². The highest BCUT2D eigenvalue weighted by atomic mass is 16.2. The van der Waals surface area contributed by atoms with Crippen molar-refractivity contribution in [2.24, 2.45) is 0 Å². The van der Waals surface area contributed by atoms with Crippen LogP contribution in [0.3, 0.4) is 0 Å². The topological polar surface area (TPSA) is 83.0 Å². The third kappa shape index (κ3) is 5.22. The van der Waals surface area contributed by atoms with Crippen LogP contribution in [0.25, 0.3) is 11.3 Å². The average Bonchev–Trinajstić information content (AvgIpc) is 2.84. The molecule has 0 bridgehead atoms. The molecule has 4 aromatic rings. The van der Waals surface area contributed by atoms with Crippen LogP contribution in [0.2, 0.25) is 0 Å². The van der Waals surface area contributed by atoms with E-state index in [0.717, 1.165) is 17.9 Å². The van der Waals surface area contributed by atoms with Gasteiger partial charge in [0, 0.05) is 30.9 Å². The normalized spacial score (nSPS) is 10.4. The molecule has 0 radical (unpaired) electrons. The molecule has 2 N–H and O–H groups in total. The molecule has 7 heteroatoms. The molecule has 1 amide bonds. The van der Waals surface area contributed by atoms with Crippen LogP contribution in [0.1, 0.15) is 15.9 Å². The highest BCUT2D eigenvalue weighted by Crippen LogP contribution is 2.20. The fraction of sp³-hybridized carbons (Fsp3) is 0.0833. The van der Waals surface area contributed by atoms with Crippen LogP contribution in [-0.2, 0) is 6.54 Å². The molecular weight excluding hydrogens is 388 g/mol. The molecule has 0 aliphatic heterocycles. The van der Waals surface area contributed by atoms with E-state index < -0.39 is 0 Å². The molecule has 31 heavy (non-hydrogen) atoms. The molecule has 0 aliphatic rings. The van der Waals surface area contributed by atoms with Crippen molar-refractivity contribution in [3.8, 4) is 11.3 Å². The number of hydrazine groups is 1. The predicted molar refractivity (Wildman–Crippen MR) is 121 cm³/mol. The van der Waals surface area contributed by atoms with Gasteiger partial charge in [0.2, 0.25) is 0 Å². The van der Waals surface area contributed by atoms with Crippen LogP contribution in [0, 0.1) is 0 Å². The van der Waals surface area contributed by atoms with Crippen molar-refractivity contribution < 1.29 is 4.79 Å². The first-order valence-electron chi connectivity index (χ1n) is 9.86. The van der Waals surface area contributed by atoms with E-state index in [1.54, 1.807) is 24.4 Å². The van der Waals surface area contributed by atoms with Gasteiger partial charge in [-0.2, -0.15) is 0 Å². The molecule has 0 saturated heterocycles. The van der Waals surface area contributed by atoms with Crippen LogP contribution in [0.4, 0.5) is 11.6 Å². The number of nitrogens with one attached hydrogen (secondary N) is 2. The summed E-state index contributed by atoms with van der Waals surface area (Å²) in [5, 5.41) is 8.71. The Bertz CT molecular complexity index is 1130. The second-order valence-electron chi connectivity index (χ2n) is 6.99. The Labute approximate surface area is 180 Å². The van der Waals surface area contributed by atoms with Gasteiger partial charge in [-0.05, 0) is 42.0 Å². The lowest BCUT2D eigenvalue weighted by Crippen LogP contribution is -2.29. The lowest BCUT2D eigenvalue weighted by molar-refractivity contribution is 0.0962. The second kappa shape index (κ2) is 9.49. The maximum Gasteiger partial charge on any atom is 0.269 e. The minimum atomic E-state index is -0.264. The fourth-order valence-electron chi connectivity index (χ4n) is 3.07. The maximum atomic E-state index is 12.5. The van der Waals surface area contributed by atoms with Gasteiger partial charge in [-0.15, -0.1) is 10.2 Å². The molecule has 154 valence electrons. The maximum absolute atomic E-state index is 12.5. The van der Waals surface area contributed by atoms with Crippen LogP contribution >= 0.6 is 0 Å². The summed E-state index contributed by atoms with van der Waals surface area (Å²) in [6, 6.07) is 26.7. The number of rotatable bonds is 7. The Morgan fingerprint density at radius 2 is 1.74 bits per heavy atom. The molecule has 0 saturated carbocycles. The van der Waals surface area contributed by atoms with E-state index in [9.17, 15) is 4.79 Å². The first kappa shape index (κ1) is 20.0. The summed E-state index contributed by atoms with van der Waals surface area (Å²) in [6.07, 6.45) is 1.65. The molecule has 4 rings (SSSR count). The number of hydrogen-bond donors (Lipinski definition) is 2. The number of carbonyl (C=O) groups is 1. The lowest BCUT2D eigenvalue weighted by Gasteiger charge is -2.17. The minimum Gasteiger partial charge on any atom is -0.354 e. The summed E-state index contributed by atoms with van der Waals surface area (Å²) < 4.78 is 0. The third-order valence-corrected chi connectivity index (χ3v) is 4.69. The highest BCUT2D eigenvalue weighted by molar-refractivity contribution is 5.95. The molecule has 7 nitrogen and oxygen atoms in total. The molecule has 2 aromatic carbocycles. The quantitative estimate of drug-likeness (QED) is 0.449. The summed E-state index contributed by atoms with van der Waals surface area (Å²) >= 11 is 0. The van der Waals surface area contributed by atoms with Crippen LogP contribution in [-0.4, -0.2) is 28.1 Å². The summed E-state index contributed by atoms with van der Waals surface area (Å²) in [4.78, 5) is 18.6. The van der Waals surface area contributed by atoms with Crippen molar-refractivity contribution in [1.29, 1.82) is 0 Å². The zero-order valence-electron chi connectivity index (χ0n) is 17.1. The summed E-state index contributed by atoms with van der Waals surface area (Å²) in [6.45, 7) is 0.744. The van der Waals surface area contributed by atoms with Gasteiger partial charge in [0.25, 0.3) is 5.91 Å². The highest BCUT2D eigenvalue weighted by Gasteiger charge is 2.10. The van der Waals surface area contributed by atoms with Crippen molar-refractivity contribution in [1.82, 2.24) is 20.6 Å². The van der Waals surface area contributed by atoms with Crippen molar-refractivity contribution >= 4 is 17.5 Å². The standard InChI is InChI=1S/C24H22N6O/c1-30(17-18-8-3-2-4-9-18)23-14-13-21(26-28-23)19-10-7-11-20(16-19)24(31)29-27-22-12-5-6-15-25-22/h2-16H,17H2,1H3,(H,25,27)(H,29,31). The van der Waals surface area contributed by atoms with E-state index in [4.69, 9.17) is 0 Å². The first-order chi connectivity index (χ1) is 15.2. The van der Waals surface area contributed by atoms with Crippen molar-refractivity contribution in [3.63, 3.8) is 0 Å². The van der Waals surface area contributed by atoms with E-state index in [-0.39, 0.29) is 5.91 Å². The van der Waals surface area contributed by atoms with Crippen molar-refractivity contribution in [3.05, 3.63) is 102 Å². The number of hydrogen-bond acceptors (Lipinski definition) is 6. The molecule has 2 heterocycles. The van der Waals surface area contributed by atoms with Gasteiger partial charge in [-0.1, -0.05) is 48.5 Å². The number of benzene rings is 2. The molecule has 0 aliphatic carbocycles. The Morgan fingerprint density at radius 3 is 2.48 bits per heavy atom. The van der Waals surface area contributed by atoms with E-state index in [0.29, 0.717) is 17.1 Å². The SMILES string of the molecule is CN(Cc1ccccc1)c1ccc(-c2cccc(C(=O)NNc3ccccn3)c2)nn1. The Kier molecular flexibility index (Phi) is 6.13. The predicted octanol–water partition coefficient (Wildman–Crippen LogP) is 3.93. The third-order valence-electron chi connectivity index (χ3n) is 4.69. The minimum absolute atomic E-state index is 0.264. The Balaban J connectivity index is 1.43. The summed E-state index contributed by atoms with van der Waals surface area (Å²) in [5.41, 5.74) is 8.67. The number of aromatic nitrogens is 3. The molecule has 0 spiro atoms. The molecule has 0 unspecified atom stereocenters. The second-order valence-corrected chi connectivity index (χ2v) is 6.99. The van der Waals surface area contributed by atoms with Gasteiger partial charge >= 0.3 is 0 Å². The number of amides is 1. The van der Waals surface area contributed by atoms with E-state index in [1.165, 1.54) is 5.56 Å². The van der Waals surface area contributed by atoms with Crippen LogP contribution < -0.4 is 15.8 Å². The number of anilines is 2. The zero-order chi connectivity index (χ0) is 21.5. The average molecular weight is 410 g/mol. The largest absolute Gasteiger partial charge is 0.354 e. The van der Waals surface area contributed by atoms with Crippen molar-refractivity contribution in [2.75, 3.05) is 17.4 Å². The zero-order valence-corrected chi connectivity index (χ0v) is 17.1. The molecule has 2 aromatic heterocycles. The summed E-state index contributed by atoms with van der Waals surface area (Å²) in [5.74, 6) is 1.08. The fourth-order valence-corrected chi connectivity index (χ4v) is 3.07.